The lowest BCUT2D eigenvalue weighted by atomic mass is 9.94. The van der Waals surface area contributed by atoms with Crippen molar-refractivity contribution in [3.63, 3.8) is 0 Å². The summed E-state index contributed by atoms with van der Waals surface area (Å²) in [5.74, 6) is 1.74. The highest BCUT2D eigenvalue weighted by molar-refractivity contribution is 6.14. The summed E-state index contributed by atoms with van der Waals surface area (Å²) in [6.07, 6.45) is 2.21. The number of hydrazone groups is 1. The number of methoxy groups -OCH3 is 2. The first-order valence-corrected chi connectivity index (χ1v) is 13.1. The van der Waals surface area contributed by atoms with Crippen LogP contribution in [0, 0.1) is 0 Å². The van der Waals surface area contributed by atoms with Crippen molar-refractivity contribution in [1.29, 1.82) is 0 Å². The highest BCUT2D eigenvalue weighted by atomic mass is 16.5. The molecule has 0 atom stereocenters. The van der Waals surface area contributed by atoms with Gasteiger partial charge in [-0.25, -0.2) is 0 Å². The van der Waals surface area contributed by atoms with E-state index in [9.17, 15) is 0 Å². The number of piperidine rings is 1. The van der Waals surface area contributed by atoms with Crippen molar-refractivity contribution in [2.45, 2.75) is 32.0 Å². The maximum absolute atomic E-state index is 5.55. The molecule has 0 aliphatic carbocycles. The molecule has 6 rings (SSSR count). The zero-order valence-electron chi connectivity index (χ0n) is 21.6. The lowest BCUT2D eigenvalue weighted by Crippen LogP contribution is -2.44. The zero-order valence-corrected chi connectivity index (χ0v) is 21.6. The second kappa shape index (κ2) is 10.3. The lowest BCUT2D eigenvalue weighted by molar-refractivity contribution is 0.100. The molecular weight excluding hydrogens is 458 g/mol. The van der Waals surface area contributed by atoms with Crippen LogP contribution in [-0.2, 0) is 13.1 Å². The normalized spacial score (nSPS) is 16.4. The molecule has 4 aromatic carbocycles. The van der Waals surface area contributed by atoms with Gasteiger partial charge in [0.05, 0.1) is 26.5 Å². The highest BCUT2D eigenvalue weighted by Crippen LogP contribution is 2.31. The molecule has 0 N–H and O–H groups in total. The first-order valence-electron chi connectivity index (χ1n) is 13.1. The molecule has 0 amide bonds. The number of nitrogens with zero attached hydrogens (tertiary/aromatic N) is 3. The van der Waals surface area contributed by atoms with E-state index in [1.165, 1.54) is 27.5 Å². The van der Waals surface area contributed by atoms with Gasteiger partial charge in [0.1, 0.15) is 11.5 Å². The van der Waals surface area contributed by atoms with Gasteiger partial charge in [-0.15, -0.1) is 0 Å². The second-order valence-corrected chi connectivity index (χ2v) is 9.99. The summed E-state index contributed by atoms with van der Waals surface area (Å²) in [4.78, 5) is 2.58. The molecule has 188 valence electrons. The van der Waals surface area contributed by atoms with Gasteiger partial charge < -0.3 is 9.47 Å². The smallest absolute Gasteiger partial charge is 0.119 e. The van der Waals surface area contributed by atoms with E-state index in [4.69, 9.17) is 14.6 Å². The van der Waals surface area contributed by atoms with Crippen LogP contribution in [0.5, 0.6) is 11.5 Å². The Morgan fingerprint density at radius 3 is 2.27 bits per heavy atom. The fourth-order valence-corrected chi connectivity index (χ4v) is 5.59. The van der Waals surface area contributed by atoms with E-state index in [0.717, 1.165) is 61.8 Å². The zero-order chi connectivity index (χ0) is 25.2. The van der Waals surface area contributed by atoms with Crippen molar-refractivity contribution in [2.24, 2.45) is 5.10 Å². The van der Waals surface area contributed by atoms with Crippen LogP contribution >= 0.6 is 0 Å². The van der Waals surface area contributed by atoms with Gasteiger partial charge in [-0.2, -0.15) is 5.10 Å². The van der Waals surface area contributed by atoms with Crippen LogP contribution in [0.15, 0.2) is 90.0 Å². The minimum atomic E-state index is 0.417. The molecule has 5 nitrogen and oxygen atoms in total. The average molecular weight is 492 g/mol. The fourth-order valence-electron chi connectivity index (χ4n) is 5.59. The summed E-state index contributed by atoms with van der Waals surface area (Å²) in [6, 6.07) is 30.4. The third kappa shape index (κ3) is 4.92. The van der Waals surface area contributed by atoms with E-state index in [1.807, 2.05) is 18.2 Å². The summed E-state index contributed by atoms with van der Waals surface area (Å²) in [7, 11) is 3.43. The molecule has 2 heterocycles. The minimum absolute atomic E-state index is 0.417. The number of fused-ring (bicyclic) bond motifs is 2. The monoisotopic (exact) mass is 491 g/mol. The Labute approximate surface area is 218 Å². The molecule has 0 spiro atoms. The summed E-state index contributed by atoms with van der Waals surface area (Å²) in [6.45, 7) is 3.96. The van der Waals surface area contributed by atoms with Gasteiger partial charge in [-0.1, -0.05) is 36.4 Å². The second-order valence-electron chi connectivity index (χ2n) is 9.99. The number of likely N-dealkylation sites (tertiary alicyclic amines) is 1. The van der Waals surface area contributed by atoms with Crippen LogP contribution in [0.4, 0.5) is 0 Å². The van der Waals surface area contributed by atoms with E-state index in [1.54, 1.807) is 14.2 Å². The Kier molecular flexibility index (Phi) is 6.54. The van der Waals surface area contributed by atoms with Crippen molar-refractivity contribution in [3.8, 4) is 11.5 Å². The Bertz CT molecular complexity index is 1420. The topological polar surface area (TPSA) is 37.3 Å². The van der Waals surface area contributed by atoms with Crippen LogP contribution < -0.4 is 9.47 Å². The highest BCUT2D eigenvalue weighted by Gasteiger charge is 2.29. The van der Waals surface area contributed by atoms with E-state index >= 15 is 0 Å². The van der Waals surface area contributed by atoms with Gasteiger partial charge in [-0.3, -0.25) is 9.91 Å². The molecule has 2 aliphatic rings. The number of hydrogen-bond donors (Lipinski definition) is 0. The SMILES string of the molecule is COc1ccc(C2=NN(C3CCN(Cc4ccc5ccccc5c4)CC3)Cc3cc(OC)ccc32)cc1. The van der Waals surface area contributed by atoms with Gasteiger partial charge in [-0.05, 0) is 83.3 Å². The van der Waals surface area contributed by atoms with Crippen molar-refractivity contribution in [1.82, 2.24) is 9.91 Å². The summed E-state index contributed by atoms with van der Waals surface area (Å²) in [5, 5.41) is 10.2. The van der Waals surface area contributed by atoms with Crippen molar-refractivity contribution in [2.75, 3.05) is 27.3 Å². The molecule has 0 aromatic heterocycles. The molecule has 37 heavy (non-hydrogen) atoms. The first-order chi connectivity index (χ1) is 18.2. The lowest BCUT2D eigenvalue weighted by Gasteiger charge is -2.39. The number of ether oxygens (including phenoxy) is 2. The molecule has 1 saturated heterocycles. The number of hydrogen-bond acceptors (Lipinski definition) is 5. The van der Waals surface area contributed by atoms with Crippen molar-refractivity contribution < 1.29 is 9.47 Å². The van der Waals surface area contributed by atoms with Gasteiger partial charge in [0.25, 0.3) is 0 Å². The van der Waals surface area contributed by atoms with Crippen LogP contribution in [0.2, 0.25) is 0 Å². The molecule has 0 bridgehead atoms. The van der Waals surface area contributed by atoms with E-state index in [2.05, 4.69) is 76.6 Å². The largest absolute Gasteiger partial charge is 0.497 e. The maximum Gasteiger partial charge on any atom is 0.119 e. The maximum atomic E-state index is 5.55. The van der Waals surface area contributed by atoms with Crippen LogP contribution in [-0.4, -0.2) is 49.0 Å². The summed E-state index contributed by atoms with van der Waals surface area (Å²) < 4.78 is 10.9. The van der Waals surface area contributed by atoms with Gasteiger partial charge in [0, 0.05) is 36.8 Å². The molecule has 0 saturated carbocycles. The van der Waals surface area contributed by atoms with Crippen molar-refractivity contribution >= 4 is 16.5 Å². The molecule has 4 aromatic rings. The van der Waals surface area contributed by atoms with Gasteiger partial charge in [0.15, 0.2) is 0 Å². The molecule has 0 radical (unpaired) electrons. The standard InChI is InChI=1S/C32H33N3O2/c1-36-29-11-9-25(10-12-29)32-31-14-13-30(37-2)20-27(31)22-35(33-32)28-15-17-34(18-16-28)21-23-7-8-24-5-3-4-6-26(24)19-23/h3-14,19-20,28H,15-18,21-22H2,1-2H3. The third-order valence-electron chi connectivity index (χ3n) is 7.69. The number of rotatable bonds is 6. The number of benzene rings is 4. The Morgan fingerprint density at radius 2 is 1.51 bits per heavy atom. The van der Waals surface area contributed by atoms with Crippen LogP contribution in [0.3, 0.4) is 0 Å². The van der Waals surface area contributed by atoms with Crippen LogP contribution in [0.1, 0.15) is 35.1 Å². The Morgan fingerprint density at radius 1 is 0.784 bits per heavy atom. The first kappa shape index (κ1) is 23.6. The minimum Gasteiger partial charge on any atom is -0.497 e. The summed E-state index contributed by atoms with van der Waals surface area (Å²) in [5.41, 5.74) is 5.95. The molecule has 5 heteroatoms. The molecule has 2 aliphatic heterocycles. The van der Waals surface area contributed by atoms with E-state index in [-0.39, 0.29) is 0 Å². The molecular formula is C32H33N3O2. The fraction of sp³-hybridized carbons (Fsp3) is 0.281. The van der Waals surface area contributed by atoms with Gasteiger partial charge in [0.2, 0.25) is 0 Å². The predicted octanol–water partition coefficient (Wildman–Crippen LogP) is 6.09. The van der Waals surface area contributed by atoms with Crippen LogP contribution in [0.25, 0.3) is 10.8 Å². The van der Waals surface area contributed by atoms with E-state index < -0.39 is 0 Å². The van der Waals surface area contributed by atoms with E-state index in [0.29, 0.717) is 6.04 Å². The Hall–Kier alpha value is -3.83. The van der Waals surface area contributed by atoms with Crippen molar-refractivity contribution in [3.05, 3.63) is 107 Å². The quantitative estimate of drug-likeness (QED) is 0.327. The molecule has 0 unspecified atom stereocenters. The summed E-state index contributed by atoms with van der Waals surface area (Å²) >= 11 is 0. The Balaban J connectivity index is 1.19. The predicted molar refractivity (Wildman–Crippen MR) is 149 cm³/mol. The van der Waals surface area contributed by atoms with Gasteiger partial charge >= 0.3 is 0 Å². The molecule has 1 fully saturated rings. The average Bonchev–Trinajstić information content (AvgIpc) is 2.96. The third-order valence-corrected chi connectivity index (χ3v) is 7.69.